The molecule has 0 aliphatic heterocycles. The Labute approximate surface area is 124 Å². The van der Waals surface area contributed by atoms with Gasteiger partial charge in [0.25, 0.3) is 0 Å². The third-order valence-electron chi connectivity index (χ3n) is 3.94. The molecular formula is C16H23F3N2. The summed E-state index contributed by atoms with van der Waals surface area (Å²) in [5.74, 6) is 0. The van der Waals surface area contributed by atoms with Crippen LogP contribution in [0.5, 0.6) is 0 Å². The highest BCUT2D eigenvalue weighted by Crippen LogP contribution is 2.32. The Morgan fingerprint density at radius 2 is 2.05 bits per heavy atom. The van der Waals surface area contributed by atoms with Gasteiger partial charge in [-0.15, -0.1) is 0 Å². The first-order valence-electron chi connectivity index (χ1n) is 7.58. The first kappa shape index (κ1) is 16.3. The minimum absolute atomic E-state index is 0.371. The molecule has 21 heavy (non-hydrogen) atoms. The second-order valence-corrected chi connectivity index (χ2v) is 5.81. The summed E-state index contributed by atoms with van der Waals surface area (Å²) in [6.07, 6.45) is 0.264. The number of nitrogens with zero attached hydrogens (tertiary/aromatic N) is 1. The summed E-state index contributed by atoms with van der Waals surface area (Å²) in [5.41, 5.74) is 6.08. The van der Waals surface area contributed by atoms with Crippen molar-refractivity contribution in [3.05, 3.63) is 35.4 Å². The number of benzene rings is 1. The summed E-state index contributed by atoms with van der Waals surface area (Å²) in [4.78, 5) is 2.33. The van der Waals surface area contributed by atoms with E-state index in [0.717, 1.165) is 25.5 Å². The van der Waals surface area contributed by atoms with Gasteiger partial charge in [-0.25, -0.2) is 0 Å². The van der Waals surface area contributed by atoms with Crippen LogP contribution >= 0.6 is 0 Å². The van der Waals surface area contributed by atoms with E-state index in [-0.39, 0.29) is 6.04 Å². The molecule has 0 heterocycles. The van der Waals surface area contributed by atoms with Crippen molar-refractivity contribution in [1.29, 1.82) is 0 Å². The molecule has 1 aromatic carbocycles. The maximum atomic E-state index is 12.7. The van der Waals surface area contributed by atoms with Crippen molar-refractivity contribution in [2.75, 3.05) is 13.1 Å². The molecule has 0 radical (unpaired) electrons. The quantitative estimate of drug-likeness (QED) is 0.825. The fourth-order valence-electron chi connectivity index (χ4n) is 2.53. The van der Waals surface area contributed by atoms with E-state index in [1.54, 1.807) is 6.07 Å². The van der Waals surface area contributed by atoms with Gasteiger partial charge in [0.15, 0.2) is 0 Å². The minimum Gasteiger partial charge on any atom is -0.323 e. The molecule has 118 valence electrons. The Kier molecular flexibility index (Phi) is 5.27. The Morgan fingerprint density at radius 3 is 2.62 bits per heavy atom. The zero-order valence-corrected chi connectivity index (χ0v) is 12.4. The lowest BCUT2D eigenvalue weighted by molar-refractivity contribution is -0.137. The SMILES string of the molecule is CCCCN(CC(N)c1cccc(C(F)(F)F)c1)C1CC1. The monoisotopic (exact) mass is 300 g/mol. The van der Waals surface area contributed by atoms with Crippen molar-refractivity contribution >= 4 is 0 Å². The molecule has 1 unspecified atom stereocenters. The maximum absolute atomic E-state index is 12.7. The Morgan fingerprint density at radius 1 is 1.33 bits per heavy atom. The molecule has 2 nitrogen and oxygen atoms in total. The van der Waals surface area contributed by atoms with Gasteiger partial charge in [-0.1, -0.05) is 25.5 Å². The number of halogens is 3. The second kappa shape index (κ2) is 6.79. The lowest BCUT2D eigenvalue weighted by Crippen LogP contribution is -2.34. The molecule has 1 aliphatic carbocycles. The van der Waals surface area contributed by atoms with Gasteiger partial charge in [0.05, 0.1) is 5.56 Å². The van der Waals surface area contributed by atoms with Crippen LogP contribution in [0.1, 0.15) is 49.8 Å². The lowest BCUT2D eigenvalue weighted by atomic mass is 10.0. The highest BCUT2D eigenvalue weighted by molar-refractivity contribution is 5.28. The number of hydrogen-bond acceptors (Lipinski definition) is 2. The van der Waals surface area contributed by atoms with E-state index >= 15 is 0 Å². The van der Waals surface area contributed by atoms with Gasteiger partial charge in [-0.2, -0.15) is 13.2 Å². The van der Waals surface area contributed by atoms with Crippen LogP contribution < -0.4 is 5.73 Å². The van der Waals surface area contributed by atoms with Crippen LogP contribution in [0.4, 0.5) is 13.2 Å². The van der Waals surface area contributed by atoms with Crippen LogP contribution in [0.2, 0.25) is 0 Å². The summed E-state index contributed by atoms with van der Waals surface area (Å²) in [6, 6.07) is 5.59. The fraction of sp³-hybridized carbons (Fsp3) is 0.625. The third-order valence-corrected chi connectivity index (χ3v) is 3.94. The fourth-order valence-corrected chi connectivity index (χ4v) is 2.53. The molecule has 0 aromatic heterocycles. The zero-order valence-electron chi connectivity index (χ0n) is 12.4. The van der Waals surface area contributed by atoms with Gasteiger partial charge in [-0.05, 0) is 43.5 Å². The van der Waals surface area contributed by atoms with E-state index in [4.69, 9.17) is 5.73 Å². The van der Waals surface area contributed by atoms with Crippen LogP contribution in [0.3, 0.4) is 0 Å². The predicted octanol–water partition coefficient (Wildman–Crippen LogP) is 3.97. The van der Waals surface area contributed by atoms with Crippen LogP contribution in [0.15, 0.2) is 24.3 Å². The highest BCUT2D eigenvalue weighted by atomic mass is 19.4. The number of rotatable bonds is 7. The number of unbranched alkanes of at least 4 members (excludes halogenated alkanes) is 1. The number of alkyl halides is 3. The van der Waals surface area contributed by atoms with Crippen molar-refractivity contribution in [2.24, 2.45) is 5.73 Å². The van der Waals surface area contributed by atoms with Gasteiger partial charge in [0.2, 0.25) is 0 Å². The van der Waals surface area contributed by atoms with Gasteiger partial charge in [0.1, 0.15) is 0 Å². The molecule has 5 heteroatoms. The highest BCUT2D eigenvalue weighted by Gasteiger charge is 2.32. The van der Waals surface area contributed by atoms with E-state index in [1.807, 2.05) is 0 Å². The van der Waals surface area contributed by atoms with E-state index in [1.165, 1.54) is 25.0 Å². The number of hydrogen-bond donors (Lipinski definition) is 1. The smallest absolute Gasteiger partial charge is 0.323 e. The second-order valence-electron chi connectivity index (χ2n) is 5.81. The lowest BCUT2D eigenvalue weighted by Gasteiger charge is -2.26. The Bertz CT molecular complexity index is 455. The van der Waals surface area contributed by atoms with Crippen molar-refractivity contribution in [3.63, 3.8) is 0 Å². The molecular weight excluding hydrogens is 277 g/mol. The van der Waals surface area contributed by atoms with E-state index in [9.17, 15) is 13.2 Å². The van der Waals surface area contributed by atoms with Crippen molar-refractivity contribution in [2.45, 2.75) is 50.9 Å². The number of nitrogens with two attached hydrogens (primary N) is 1. The summed E-state index contributed by atoms with van der Waals surface area (Å²) < 4.78 is 38.2. The summed E-state index contributed by atoms with van der Waals surface area (Å²) in [5, 5.41) is 0. The van der Waals surface area contributed by atoms with Crippen LogP contribution in [-0.4, -0.2) is 24.0 Å². The molecule has 0 saturated heterocycles. The van der Waals surface area contributed by atoms with E-state index in [0.29, 0.717) is 18.2 Å². The average molecular weight is 300 g/mol. The van der Waals surface area contributed by atoms with Crippen LogP contribution in [0.25, 0.3) is 0 Å². The van der Waals surface area contributed by atoms with Crippen molar-refractivity contribution in [1.82, 2.24) is 4.90 Å². The van der Waals surface area contributed by atoms with Crippen molar-refractivity contribution in [3.8, 4) is 0 Å². The molecule has 0 spiro atoms. The largest absolute Gasteiger partial charge is 0.416 e. The Balaban J connectivity index is 2.03. The average Bonchev–Trinajstić information content (AvgIpc) is 3.27. The first-order valence-corrected chi connectivity index (χ1v) is 7.58. The zero-order chi connectivity index (χ0) is 15.5. The molecule has 0 amide bonds. The predicted molar refractivity (Wildman–Crippen MR) is 77.9 cm³/mol. The van der Waals surface area contributed by atoms with Gasteiger partial charge in [0, 0.05) is 18.6 Å². The van der Waals surface area contributed by atoms with Gasteiger partial charge >= 0.3 is 6.18 Å². The Hall–Kier alpha value is -1.07. The third kappa shape index (κ3) is 4.71. The first-order chi connectivity index (χ1) is 9.91. The molecule has 1 fully saturated rings. The molecule has 2 N–H and O–H groups in total. The summed E-state index contributed by atoms with van der Waals surface area (Å²) >= 11 is 0. The summed E-state index contributed by atoms with van der Waals surface area (Å²) in [7, 11) is 0. The van der Waals surface area contributed by atoms with E-state index in [2.05, 4.69) is 11.8 Å². The molecule has 1 atom stereocenters. The maximum Gasteiger partial charge on any atom is 0.416 e. The van der Waals surface area contributed by atoms with Gasteiger partial charge < -0.3 is 5.73 Å². The normalized spacial score (nSPS) is 17.2. The topological polar surface area (TPSA) is 29.3 Å². The summed E-state index contributed by atoms with van der Waals surface area (Å²) in [6.45, 7) is 3.75. The van der Waals surface area contributed by atoms with Crippen molar-refractivity contribution < 1.29 is 13.2 Å². The van der Waals surface area contributed by atoms with Gasteiger partial charge in [-0.3, -0.25) is 4.90 Å². The molecule has 0 bridgehead atoms. The molecule has 2 rings (SSSR count). The van der Waals surface area contributed by atoms with E-state index < -0.39 is 11.7 Å². The molecule has 1 saturated carbocycles. The minimum atomic E-state index is -4.31. The standard InChI is InChI=1S/C16H23F3N2/c1-2-3-9-21(14-7-8-14)11-15(20)12-5-4-6-13(10-12)16(17,18)19/h4-6,10,14-15H,2-3,7-9,11,20H2,1H3. The molecule has 1 aromatic rings. The van der Waals surface area contributed by atoms with Crippen LogP contribution in [0, 0.1) is 0 Å². The molecule has 1 aliphatic rings. The van der Waals surface area contributed by atoms with Crippen LogP contribution in [-0.2, 0) is 6.18 Å².